The summed E-state index contributed by atoms with van der Waals surface area (Å²) in [5, 5.41) is 0.562. The van der Waals surface area contributed by atoms with Crippen molar-refractivity contribution in [2.24, 2.45) is 7.05 Å². The number of benzene rings is 1. The number of aromatic nitrogens is 2. The normalized spacial score (nSPS) is 14.8. The highest BCUT2D eigenvalue weighted by atomic mass is 32.1. The molecule has 0 bridgehead atoms. The van der Waals surface area contributed by atoms with Crippen LogP contribution in [0, 0.1) is 13.8 Å². The number of carbonyl (C=O) groups is 1. The van der Waals surface area contributed by atoms with Gasteiger partial charge in [0.25, 0.3) is 11.5 Å². The fourth-order valence-electron chi connectivity index (χ4n) is 3.55. The smallest absolute Gasteiger partial charge is 0.264 e. The van der Waals surface area contributed by atoms with Crippen LogP contribution in [0.1, 0.15) is 20.8 Å². The molecule has 1 saturated heterocycles. The number of anilines is 1. The molecular weight excluding hydrogens is 360 g/mol. The lowest BCUT2D eigenvalue weighted by Crippen LogP contribution is -2.48. The van der Waals surface area contributed by atoms with Crippen LogP contribution in [0.15, 0.2) is 35.4 Å². The van der Waals surface area contributed by atoms with Crippen molar-refractivity contribution < 1.29 is 4.79 Å². The number of hydrogen-bond acceptors (Lipinski definition) is 5. The summed E-state index contributed by atoms with van der Waals surface area (Å²) in [5.74, 6) is 0.00134. The maximum atomic E-state index is 13.1. The lowest BCUT2D eigenvalue weighted by molar-refractivity contribution is 0.0751. The largest absolute Gasteiger partial charge is 0.368 e. The van der Waals surface area contributed by atoms with Crippen molar-refractivity contribution >= 4 is 33.1 Å². The highest BCUT2D eigenvalue weighted by molar-refractivity contribution is 7.20. The molecule has 0 unspecified atom stereocenters. The first-order chi connectivity index (χ1) is 13.0. The summed E-state index contributed by atoms with van der Waals surface area (Å²) in [6.45, 7) is 6.89. The van der Waals surface area contributed by atoms with Crippen LogP contribution in [0.5, 0.6) is 0 Å². The van der Waals surface area contributed by atoms with Crippen LogP contribution in [0.4, 0.5) is 5.69 Å². The van der Waals surface area contributed by atoms with E-state index in [0.29, 0.717) is 28.2 Å². The average Bonchev–Trinajstić information content (AvgIpc) is 3.01. The van der Waals surface area contributed by atoms with E-state index in [9.17, 15) is 9.59 Å². The van der Waals surface area contributed by atoms with Crippen LogP contribution < -0.4 is 10.5 Å². The number of fused-ring (bicyclic) bond motifs is 1. The maximum Gasteiger partial charge on any atom is 0.264 e. The Hall–Kier alpha value is -2.67. The van der Waals surface area contributed by atoms with Gasteiger partial charge in [-0.25, -0.2) is 4.98 Å². The molecular formula is C20H22N4O2S. The Kier molecular flexibility index (Phi) is 4.47. The number of piperazine rings is 1. The molecule has 2 aromatic heterocycles. The molecule has 140 valence electrons. The van der Waals surface area contributed by atoms with Crippen LogP contribution in [0.2, 0.25) is 0 Å². The van der Waals surface area contributed by atoms with Gasteiger partial charge in [-0.15, -0.1) is 11.3 Å². The molecule has 0 N–H and O–H groups in total. The molecule has 0 spiro atoms. The van der Waals surface area contributed by atoms with E-state index in [4.69, 9.17) is 0 Å². The molecule has 0 saturated carbocycles. The molecule has 27 heavy (non-hydrogen) atoms. The zero-order chi connectivity index (χ0) is 19.1. The molecule has 3 aromatic rings. The fourth-order valence-corrected chi connectivity index (χ4v) is 4.66. The SMILES string of the molecule is Cc1cccc(N2CCN(C(=O)c3sc4ncn(C)c(=O)c4c3C)CC2)c1. The van der Waals surface area contributed by atoms with Crippen LogP contribution in [0.3, 0.4) is 0 Å². The number of carbonyl (C=O) groups excluding carboxylic acids is 1. The summed E-state index contributed by atoms with van der Waals surface area (Å²) < 4.78 is 1.46. The summed E-state index contributed by atoms with van der Waals surface area (Å²) in [4.78, 5) is 35.2. The topological polar surface area (TPSA) is 58.4 Å². The minimum Gasteiger partial charge on any atom is -0.368 e. The second-order valence-corrected chi connectivity index (χ2v) is 8.01. The van der Waals surface area contributed by atoms with Crippen molar-refractivity contribution in [2.45, 2.75) is 13.8 Å². The Morgan fingerprint density at radius 1 is 1.15 bits per heavy atom. The molecule has 4 rings (SSSR count). The third-order valence-electron chi connectivity index (χ3n) is 5.14. The van der Waals surface area contributed by atoms with E-state index in [2.05, 4.69) is 41.1 Å². The summed E-state index contributed by atoms with van der Waals surface area (Å²) in [6, 6.07) is 8.44. The molecule has 1 aliphatic rings. The molecule has 7 heteroatoms. The zero-order valence-corrected chi connectivity index (χ0v) is 16.5. The Labute approximate surface area is 161 Å². The number of thiophene rings is 1. The van der Waals surface area contributed by atoms with Crippen LogP contribution in [-0.4, -0.2) is 46.5 Å². The molecule has 0 aliphatic carbocycles. The second kappa shape index (κ2) is 6.81. The van der Waals surface area contributed by atoms with Crippen LogP contribution in [-0.2, 0) is 7.05 Å². The van der Waals surface area contributed by atoms with Gasteiger partial charge in [0.15, 0.2) is 0 Å². The third kappa shape index (κ3) is 3.12. The minimum atomic E-state index is -0.0999. The number of aryl methyl sites for hydroxylation is 3. The number of hydrogen-bond donors (Lipinski definition) is 0. The van der Waals surface area contributed by atoms with E-state index in [1.54, 1.807) is 7.05 Å². The zero-order valence-electron chi connectivity index (χ0n) is 15.7. The van der Waals surface area contributed by atoms with Gasteiger partial charge < -0.3 is 14.4 Å². The highest BCUT2D eigenvalue weighted by Gasteiger charge is 2.26. The summed E-state index contributed by atoms with van der Waals surface area (Å²) in [5.41, 5.74) is 3.08. The predicted octanol–water partition coefficient (Wildman–Crippen LogP) is 2.57. The minimum absolute atomic E-state index is 0.00134. The van der Waals surface area contributed by atoms with Crippen molar-refractivity contribution in [3.05, 3.63) is 57.0 Å². The third-order valence-corrected chi connectivity index (χ3v) is 6.33. The van der Waals surface area contributed by atoms with E-state index in [-0.39, 0.29) is 11.5 Å². The first kappa shape index (κ1) is 17.7. The van der Waals surface area contributed by atoms with Gasteiger partial charge in [0.05, 0.1) is 16.6 Å². The second-order valence-electron chi connectivity index (χ2n) is 7.02. The van der Waals surface area contributed by atoms with E-state index < -0.39 is 0 Å². The predicted molar refractivity (Wildman–Crippen MR) is 109 cm³/mol. The first-order valence-electron chi connectivity index (χ1n) is 9.01. The lowest BCUT2D eigenvalue weighted by atomic mass is 10.1. The Bertz CT molecular complexity index is 1080. The van der Waals surface area contributed by atoms with E-state index in [0.717, 1.165) is 18.7 Å². The molecule has 1 aliphatic heterocycles. The maximum absolute atomic E-state index is 13.1. The first-order valence-corrected chi connectivity index (χ1v) is 9.83. The molecule has 0 atom stereocenters. The monoisotopic (exact) mass is 382 g/mol. The fraction of sp³-hybridized carbons (Fsp3) is 0.350. The average molecular weight is 382 g/mol. The Morgan fingerprint density at radius 3 is 2.59 bits per heavy atom. The van der Waals surface area contributed by atoms with Gasteiger partial charge >= 0.3 is 0 Å². The number of nitrogens with zero attached hydrogens (tertiary/aromatic N) is 4. The Balaban J connectivity index is 1.55. The standard InChI is InChI=1S/C20H22N4O2S/c1-13-5-4-6-15(11-13)23-7-9-24(10-8-23)20(26)17-14(2)16-18(27-17)21-12-22(3)19(16)25/h4-6,11-12H,7-10H2,1-3H3. The van der Waals surface area contributed by atoms with Gasteiger partial charge in [-0.05, 0) is 37.1 Å². The summed E-state index contributed by atoms with van der Waals surface area (Å²) in [6.07, 6.45) is 1.51. The van der Waals surface area contributed by atoms with Crippen LogP contribution >= 0.6 is 11.3 Å². The molecule has 1 aromatic carbocycles. The van der Waals surface area contributed by atoms with E-state index in [1.165, 1.54) is 33.5 Å². The number of rotatable bonds is 2. The van der Waals surface area contributed by atoms with Crippen molar-refractivity contribution in [3.8, 4) is 0 Å². The summed E-state index contributed by atoms with van der Waals surface area (Å²) in [7, 11) is 1.68. The van der Waals surface area contributed by atoms with Crippen molar-refractivity contribution in [2.75, 3.05) is 31.1 Å². The van der Waals surface area contributed by atoms with Crippen molar-refractivity contribution in [3.63, 3.8) is 0 Å². The Morgan fingerprint density at radius 2 is 1.89 bits per heavy atom. The highest BCUT2D eigenvalue weighted by Crippen LogP contribution is 2.28. The quantitative estimate of drug-likeness (QED) is 0.684. The molecule has 6 nitrogen and oxygen atoms in total. The van der Waals surface area contributed by atoms with E-state index in [1.807, 2.05) is 11.8 Å². The summed E-state index contributed by atoms with van der Waals surface area (Å²) >= 11 is 1.32. The van der Waals surface area contributed by atoms with Gasteiger partial charge in [0.1, 0.15) is 4.83 Å². The van der Waals surface area contributed by atoms with Crippen LogP contribution in [0.25, 0.3) is 10.2 Å². The van der Waals surface area contributed by atoms with Gasteiger partial charge in [-0.2, -0.15) is 0 Å². The molecule has 1 fully saturated rings. The van der Waals surface area contributed by atoms with Gasteiger partial charge in [0.2, 0.25) is 0 Å². The molecule has 3 heterocycles. The molecule has 0 radical (unpaired) electrons. The van der Waals surface area contributed by atoms with Gasteiger partial charge in [0, 0.05) is 38.9 Å². The van der Waals surface area contributed by atoms with E-state index >= 15 is 0 Å². The van der Waals surface area contributed by atoms with Gasteiger partial charge in [-0.1, -0.05) is 12.1 Å². The van der Waals surface area contributed by atoms with Crippen molar-refractivity contribution in [1.82, 2.24) is 14.5 Å². The number of amides is 1. The van der Waals surface area contributed by atoms with Gasteiger partial charge in [-0.3, -0.25) is 9.59 Å². The van der Waals surface area contributed by atoms with Crippen molar-refractivity contribution in [1.29, 1.82) is 0 Å². The molecule has 1 amide bonds. The lowest BCUT2D eigenvalue weighted by Gasteiger charge is -2.36.